The van der Waals surface area contributed by atoms with Crippen molar-refractivity contribution in [1.29, 1.82) is 0 Å². The first kappa shape index (κ1) is 13.1. The summed E-state index contributed by atoms with van der Waals surface area (Å²) in [5, 5.41) is 3.43. The van der Waals surface area contributed by atoms with Crippen molar-refractivity contribution < 1.29 is 4.79 Å². The molecule has 1 amide bonds. The van der Waals surface area contributed by atoms with Gasteiger partial charge in [0.1, 0.15) is 0 Å². The minimum absolute atomic E-state index is 0.288. The number of amides is 1. The van der Waals surface area contributed by atoms with E-state index in [1.165, 1.54) is 44.9 Å². The summed E-state index contributed by atoms with van der Waals surface area (Å²) in [4.78, 5) is 14.7. The molecule has 5 rings (SSSR count). The Morgan fingerprint density at radius 1 is 1.05 bits per heavy atom. The Morgan fingerprint density at radius 3 is 2.15 bits per heavy atom. The van der Waals surface area contributed by atoms with Crippen molar-refractivity contribution in [3.8, 4) is 0 Å². The maximum Gasteiger partial charge on any atom is 0.234 e. The molecule has 20 heavy (non-hydrogen) atoms. The van der Waals surface area contributed by atoms with E-state index in [9.17, 15) is 4.79 Å². The molecule has 5 saturated carbocycles. The highest BCUT2D eigenvalue weighted by atomic mass is 16.2. The fraction of sp³-hybridized carbons (Fsp3) is 0.941. The summed E-state index contributed by atoms with van der Waals surface area (Å²) in [7, 11) is 0. The quantitative estimate of drug-likeness (QED) is 0.836. The van der Waals surface area contributed by atoms with E-state index >= 15 is 0 Å². The molecule has 0 heterocycles. The summed E-state index contributed by atoms with van der Waals surface area (Å²) >= 11 is 0. The fourth-order valence-electron chi connectivity index (χ4n) is 5.52. The van der Waals surface area contributed by atoms with Crippen LogP contribution in [0.4, 0.5) is 0 Å². The Hall–Kier alpha value is -0.570. The second-order valence-corrected chi connectivity index (χ2v) is 7.82. The number of hydrogen-bond donors (Lipinski definition) is 1. The van der Waals surface area contributed by atoms with E-state index in [1.54, 1.807) is 0 Å². The van der Waals surface area contributed by atoms with Crippen molar-refractivity contribution in [3.05, 3.63) is 0 Å². The van der Waals surface area contributed by atoms with Gasteiger partial charge in [-0.05, 0) is 75.2 Å². The second-order valence-electron chi connectivity index (χ2n) is 7.82. The van der Waals surface area contributed by atoms with Crippen molar-refractivity contribution in [2.45, 2.75) is 64.0 Å². The first-order valence-corrected chi connectivity index (χ1v) is 8.76. The molecule has 5 aliphatic rings. The van der Waals surface area contributed by atoms with Crippen molar-refractivity contribution in [3.63, 3.8) is 0 Å². The van der Waals surface area contributed by atoms with Gasteiger partial charge in [0, 0.05) is 12.1 Å². The predicted molar refractivity (Wildman–Crippen MR) is 79.2 cm³/mol. The lowest BCUT2D eigenvalue weighted by Gasteiger charge is -2.54. The zero-order chi connectivity index (χ0) is 13.7. The minimum Gasteiger partial charge on any atom is -0.352 e. The number of nitrogens with one attached hydrogen (secondary N) is 1. The van der Waals surface area contributed by atoms with Crippen LogP contribution in [0.25, 0.3) is 0 Å². The third kappa shape index (κ3) is 2.38. The topological polar surface area (TPSA) is 32.3 Å². The van der Waals surface area contributed by atoms with Gasteiger partial charge >= 0.3 is 0 Å². The number of nitrogens with zero attached hydrogens (tertiary/aromatic N) is 1. The first-order valence-electron chi connectivity index (χ1n) is 8.76. The van der Waals surface area contributed by atoms with E-state index in [2.05, 4.69) is 17.1 Å². The van der Waals surface area contributed by atoms with Gasteiger partial charge in [0.25, 0.3) is 0 Å². The van der Waals surface area contributed by atoms with Crippen LogP contribution in [-0.4, -0.2) is 36.0 Å². The van der Waals surface area contributed by atoms with E-state index in [0.717, 1.165) is 30.2 Å². The standard InChI is InChI=1S/C17H28N2O/c1-2-19(15-3-4-15)10-16(20)18-17-13-6-11-5-12(8-13)9-14(17)7-11/h11-15,17H,2-10H2,1H3,(H,18,20). The third-order valence-electron chi connectivity index (χ3n) is 6.37. The summed E-state index contributed by atoms with van der Waals surface area (Å²) < 4.78 is 0. The van der Waals surface area contributed by atoms with Crippen LogP contribution in [0.1, 0.15) is 51.9 Å². The highest BCUT2D eigenvalue weighted by Gasteiger charge is 2.48. The average molecular weight is 276 g/mol. The van der Waals surface area contributed by atoms with Gasteiger partial charge in [-0.25, -0.2) is 0 Å². The number of hydrogen-bond acceptors (Lipinski definition) is 2. The van der Waals surface area contributed by atoms with Gasteiger partial charge in [0.15, 0.2) is 0 Å². The van der Waals surface area contributed by atoms with Crippen LogP contribution in [0.3, 0.4) is 0 Å². The van der Waals surface area contributed by atoms with Gasteiger partial charge in [-0.3, -0.25) is 9.69 Å². The van der Waals surface area contributed by atoms with E-state index in [0.29, 0.717) is 18.6 Å². The molecule has 0 aromatic heterocycles. The lowest BCUT2D eigenvalue weighted by atomic mass is 9.54. The first-order chi connectivity index (χ1) is 9.72. The molecule has 3 nitrogen and oxygen atoms in total. The molecular weight excluding hydrogens is 248 g/mol. The van der Waals surface area contributed by atoms with E-state index in [4.69, 9.17) is 0 Å². The van der Waals surface area contributed by atoms with E-state index < -0.39 is 0 Å². The van der Waals surface area contributed by atoms with Crippen LogP contribution in [0.5, 0.6) is 0 Å². The highest BCUT2D eigenvalue weighted by molar-refractivity contribution is 5.78. The van der Waals surface area contributed by atoms with Gasteiger partial charge in [-0.1, -0.05) is 6.92 Å². The lowest BCUT2D eigenvalue weighted by molar-refractivity contribution is -0.126. The van der Waals surface area contributed by atoms with Crippen molar-refractivity contribution in [1.82, 2.24) is 10.2 Å². The highest BCUT2D eigenvalue weighted by Crippen LogP contribution is 2.53. The number of carbonyl (C=O) groups excluding carboxylic acids is 1. The van der Waals surface area contributed by atoms with Crippen LogP contribution >= 0.6 is 0 Å². The molecule has 5 aliphatic carbocycles. The number of rotatable bonds is 5. The minimum atomic E-state index is 0.288. The van der Waals surface area contributed by atoms with Gasteiger partial charge in [0.05, 0.1) is 6.54 Å². The average Bonchev–Trinajstić information content (AvgIpc) is 3.24. The van der Waals surface area contributed by atoms with Crippen molar-refractivity contribution in [2.75, 3.05) is 13.1 Å². The summed E-state index contributed by atoms with van der Waals surface area (Å²) in [6, 6.07) is 1.21. The van der Waals surface area contributed by atoms with Gasteiger partial charge < -0.3 is 5.32 Å². The maximum absolute atomic E-state index is 12.4. The van der Waals surface area contributed by atoms with Crippen LogP contribution in [0, 0.1) is 23.7 Å². The Labute approximate surface area is 122 Å². The van der Waals surface area contributed by atoms with Crippen LogP contribution in [0.2, 0.25) is 0 Å². The number of carbonyl (C=O) groups is 1. The van der Waals surface area contributed by atoms with Gasteiger partial charge in [-0.2, -0.15) is 0 Å². The van der Waals surface area contributed by atoms with Crippen molar-refractivity contribution >= 4 is 5.91 Å². The molecule has 3 heteroatoms. The SMILES string of the molecule is CCN(CC(=O)NC1C2CC3CC(C2)CC1C3)C1CC1. The van der Waals surface area contributed by atoms with Crippen LogP contribution in [0.15, 0.2) is 0 Å². The molecule has 0 radical (unpaired) electrons. The lowest BCUT2D eigenvalue weighted by Crippen LogP contribution is -2.57. The largest absolute Gasteiger partial charge is 0.352 e. The smallest absolute Gasteiger partial charge is 0.234 e. The Kier molecular flexibility index (Phi) is 3.29. The molecule has 0 saturated heterocycles. The summed E-state index contributed by atoms with van der Waals surface area (Å²) in [6.45, 7) is 3.82. The molecule has 0 unspecified atom stereocenters. The van der Waals surface area contributed by atoms with E-state index in [1.807, 2.05) is 0 Å². The van der Waals surface area contributed by atoms with Gasteiger partial charge in [-0.15, -0.1) is 0 Å². The van der Waals surface area contributed by atoms with Crippen LogP contribution in [-0.2, 0) is 4.79 Å². The van der Waals surface area contributed by atoms with E-state index in [-0.39, 0.29) is 5.91 Å². The molecule has 0 aliphatic heterocycles. The van der Waals surface area contributed by atoms with Crippen molar-refractivity contribution in [2.24, 2.45) is 23.7 Å². The molecule has 112 valence electrons. The summed E-state index contributed by atoms with van der Waals surface area (Å²) in [5.74, 6) is 3.86. The summed E-state index contributed by atoms with van der Waals surface area (Å²) in [5.41, 5.74) is 0. The predicted octanol–water partition coefficient (Wildman–Crippen LogP) is 2.41. The molecule has 5 fully saturated rings. The second kappa shape index (κ2) is 5.01. The molecule has 0 aromatic rings. The zero-order valence-electron chi connectivity index (χ0n) is 12.7. The molecule has 1 N–H and O–H groups in total. The number of likely N-dealkylation sites (N-methyl/N-ethyl adjacent to an activating group) is 1. The zero-order valence-corrected chi connectivity index (χ0v) is 12.7. The molecule has 4 bridgehead atoms. The Morgan fingerprint density at radius 2 is 1.65 bits per heavy atom. The molecule has 0 atom stereocenters. The molecular formula is C17H28N2O. The molecule has 0 aromatic carbocycles. The molecule has 0 spiro atoms. The van der Waals surface area contributed by atoms with Gasteiger partial charge in [0.2, 0.25) is 5.91 Å². The Balaban J connectivity index is 1.35. The normalized spacial score (nSPS) is 42.2. The summed E-state index contributed by atoms with van der Waals surface area (Å²) in [6.07, 6.45) is 9.61. The third-order valence-corrected chi connectivity index (χ3v) is 6.37. The Bertz CT molecular complexity index is 362. The fourth-order valence-corrected chi connectivity index (χ4v) is 5.52. The van der Waals surface area contributed by atoms with Crippen LogP contribution < -0.4 is 5.32 Å². The monoisotopic (exact) mass is 276 g/mol. The maximum atomic E-state index is 12.4.